The monoisotopic (exact) mass is 278 g/mol. The van der Waals surface area contributed by atoms with Crippen LogP contribution in [0.1, 0.15) is 15.9 Å². The minimum atomic E-state index is -0.530. The molecule has 0 atom stereocenters. The van der Waals surface area contributed by atoms with Crippen LogP contribution in [0.25, 0.3) is 0 Å². The Balaban J connectivity index is 2.04. The van der Waals surface area contributed by atoms with Gasteiger partial charge in [-0.3, -0.25) is 0 Å². The minimum Gasteiger partial charge on any atom is -0.489 e. The highest BCUT2D eigenvalue weighted by Gasteiger charge is 2.07. The number of carbonyl (C=O) groups is 1. The molecule has 0 saturated carbocycles. The van der Waals surface area contributed by atoms with Gasteiger partial charge in [-0.1, -0.05) is 0 Å². The predicted octanol–water partition coefficient (Wildman–Crippen LogP) is 3.33. The Morgan fingerprint density at radius 1 is 1.10 bits per heavy atom. The van der Waals surface area contributed by atoms with Crippen LogP contribution >= 0.6 is 0 Å². The number of hydrogen-bond acceptors (Lipinski definition) is 3. The summed E-state index contributed by atoms with van der Waals surface area (Å²) in [6.07, 6.45) is 0. The van der Waals surface area contributed by atoms with E-state index in [-0.39, 0.29) is 12.2 Å². The molecule has 0 bridgehead atoms. The van der Waals surface area contributed by atoms with Crippen molar-refractivity contribution < 1.29 is 23.0 Å². The Morgan fingerprint density at radius 2 is 1.80 bits per heavy atom. The third kappa shape index (κ3) is 3.32. The molecule has 2 rings (SSSR count). The van der Waals surface area contributed by atoms with Crippen molar-refractivity contribution in [3.63, 3.8) is 0 Å². The Labute approximate surface area is 114 Å². The van der Waals surface area contributed by atoms with E-state index in [2.05, 4.69) is 4.74 Å². The average Bonchev–Trinajstić information content (AvgIpc) is 2.48. The molecule has 0 aromatic heterocycles. The van der Waals surface area contributed by atoms with Crippen LogP contribution < -0.4 is 4.74 Å². The number of halogens is 2. The van der Waals surface area contributed by atoms with Crippen LogP contribution in [-0.2, 0) is 11.3 Å². The van der Waals surface area contributed by atoms with Gasteiger partial charge in [0.05, 0.1) is 12.7 Å². The van der Waals surface area contributed by atoms with Gasteiger partial charge in [-0.25, -0.2) is 13.6 Å². The molecule has 104 valence electrons. The lowest BCUT2D eigenvalue weighted by Gasteiger charge is -2.08. The van der Waals surface area contributed by atoms with E-state index in [0.717, 1.165) is 18.2 Å². The van der Waals surface area contributed by atoms with Crippen LogP contribution in [0.15, 0.2) is 42.5 Å². The van der Waals surface area contributed by atoms with Gasteiger partial charge in [0.1, 0.15) is 24.0 Å². The first-order valence-corrected chi connectivity index (χ1v) is 5.85. The number of ether oxygens (including phenoxy) is 2. The summed E-state index contributed by atoms with van der Waals surface area (Å²) in [4.78, 5) is 11.2. The molecule has 0 amide bonds. The molecule has 5 heteroatoms. The van der Waals surface area contributed by atoms with Crippen LogP contribution in [0.2, 0.25) is 0 Å². The minimum absolute atomic E-state index is 0.0961. The molecule has 0 fully saturated rings. The molecular weight excluding hydrogens is 266 g/mol. The van der Waals surface area contributed by atoms with Crippen molar-refractivity contribution in [1.82, 2.24) is 0 Å². The van der Waals surface area contributed by atoms with Gasteiger partial charge in [0.2, 0.25) is 0 Å². The van der Waals surface area contributed by atoms with Crippen LogP contribution in [0.3, 0.4) is 0 Å². The van der Waals surface area contributed by atoms with E-state index < -0.39 is 17.6 Å². The van der Waals surface area contributed by atoms with E-state index in [4.69, 9.17) is 4.74 Å². The Bertz CT molecular complexity index is 609. The van der Waals surface area contributed by atoms with Gasteiger partial charge in [0.25, 0.3) is 0 Å². The molecule has 0 saturated heterocycles. The fourth-order valence-electron chi connectivity index (χ4n) is 1.62. The zero-order valence-corrected chi connectivity index (χ0v) is 10.7. The summed E-state index contributed by atoms with van der Waals surface area (Å²) < 4.78 is 36.3. The van der Waals surface area contributed by atoms with Gasteiger partial charge in [-0.15, -0.1) is 0 Å². The first-order valence-electron chi connectivity index (χ1n) is 5.85. The molecule has 0 aliphatic carbocycles. The summed E-state index contributed by atoms with van der Waals surface area (Å²) in [6, 6.07) is 9.36. The lowest BCUT2D eigenvalue weighted by Crippen LogP contribution is -2.02. The largest absolute Gasteiger partial charge is 0.489 e. The van der Waals surface area contributed by atoms with Crippen molar-refractivity contribution >= 4 is 5.97 Å². The summed E-state index contributed by atoms with van der Waals surface area (Å²) in [6.45, 7) is -0.0961. The second-order valence-corrected chi connectivity index (χ2v) is 4.04. The van der Waals surface area contributed by atoms with Gasteiger partial charge in [0, 0.05) is 5.56 Å². The first kappa shape index (κ1) is 14.0. The maximum Gasteiger partial charge on any atom is 0.337 e. The first-order chi connectivity index (χ1) is 9.60. The molecule has 0 aliphatic rings. The van der Waals surface area contributed by atoms with Crippen molar-refractivity contribution in [2.45, 2.75) is 6.61 Å². The van der Waals surface area contributed by atoms with Gasteiger partial charge in [-0.05, 0) is 42.5 Å². The fraction of sp³-hybridized carbons (Fsp3) is 0.133. The number of methoxy groups -OCH3 is 1. The highest BCUT2D eigenvalue weighted by atomic mass is 19.1. The SMILES string of the molecule is COC(=O)c1ccc(OCc2cc(F)ccc2F)cc1. The molecule has 2 aromatic carbocycles. The maximum atomic E-state index is 13.4. The summed E-state index contributed by atoms with van der Waals surface area (Å²) in [5.41, 5.74) is 0.513. The second kappa shape index (κ2) is 6.14. The van der Waals surface area contributed by atoms with Crippen molar-refractivity contribution in [2.24, 2.45) is 0 Å². The van der Waals surface area contributed by atoms with Gasteiger partial charge >= 0.3 is 5.97 Å². The molecule has 0 heterocycles. The van der Waals surface area contributed by atoms with Crippen molar-refractivity contribution in [3.05, 3.63) is 65.2 Å². The summed E-state index contributed by atoms with van der Waals surface area (Å²) in [5.74, 6) is -1.06. The van der Waals surface area contributed by atoms with E-state index in [0.29, 0.717) is 11.3 Å². The molecule has 0 spiro atoms. The molecule has 2 aromatic rings. The van der Waals surface area contributed by atoms with E-state index in [9.17, 15) is 13.6 Å². The topological polar surface area (TPSA) is 35.5 Å². The van der Waals surface area contributed by atoms with Crippen LogP contribution in [0, 0.1) is 11.6 Å². The third-order valence-electron chi connectivity index (χ3n) is 2.68. The van der Waals surface area contributed by atoms with Crippen molar-refractivity contribution in [3.8, 4) is 5.75 Å². The smallest absolute Gasteiger partial charge is 0.337 e. The lowest BCUT2D eigenvalue weighted by molar-refractivity contribution is 0.0600. The van der Waals surface area contributed by atoms with Crippen LogP contribution in [-0.4, -0.2) is 13.1 Å². The van der Waals surface area contributed by atoms with E-state index in [1.165, 1.54) is 19.2 Å². The molecule has 3 nitrogen and oxygen atoms in total. The number of rotatable bonds is 4. The quantitative estimate of drug-likeness (QED) is 0.805. The summed E-state index contributed by atoms with van der Waals surface area (Å²) in [7, 11) is 1.29. The Morgan fingerprint density at radius 3 is 2.45 bits per heavy atom. The zero-order chi connectivity index (χ0) is 14.5. The van der Waals surface area contributed by atoms with Crippen LogP contribution in [0.5, 0.6) is 5.75 Å². The standard InChI is InChI=1S/C15H12F2O3/c1-19-15(18)10-2-5-13(6-3-10)20-9-11-8-12(16)4-7-14(11)17/h2-8H,9H2,1H3. The van der Waals surface area contributed by atoms with Crippen LogP contribution in [0.4, 0.5) is 8.78 Å². The van der Waals surface area contributed by atoms with Gasteiger partial charge < -0.3 is 9.47 Å². The number of hydrogen-bond donors (Lipinski definition) is 0. The second-order valence-electron chi connectivity index (χ2n) is 4.04. The maximum absolute atomic E-state index is 13.4. The highest BCUT2D eigenvalue weighted by Crippen LogP contribution is 2.16. The summed E-state index contributed by atoms with van der Waals surface area (Å²) in [5, 5.41) is 0. The Kier molecular flexibility index (Phi) is 4.30. The predicted molar refractivity (Wildman–Crippen MR) is 68.5 cm³/mol. The number of benzene rings is 2. The average molecular weight is 278 g/mol. The molecule has 0 radical (unpaired) electrons. The van der Waals surface area contributed by atoms with E-state index in [1.807, 2.05) is 0 Å². The van der Waals surface area contributed by atoms with E-state index in [1.54, 1.807) is 12.1 Å². The lowest BCUT2D eigenvalue weighted by atomic mass is 10.2. The van der Waals surface area contributed by atoms with Crippen molar-refractivity contribution in [2.75, 3.05) is 7.11 Å². The number of esters is 1. The molecule has 0 aliphatic heterocycles. The third-order valence-corrected chi connectivity index (χ3v) is 2.68. The van der Waals surface area contributed by atoms with Gasteiger partial charge in [0.15, 0.2) is 0 Å². The van der Waals surface area contributed by atoms with Crippen molar-refractivity contribution in [1.29, 1.82) is 0 Å². The fourth-order valence-corrected chi connectivity index (χ4v) is 1.62. The molecule has 0 N–H and O–H groups in total. The molecular formula is C15H12F2O3. The zero-order valence-electron chi connectivity index (χ0n) is 10.7. The highest BCUT2D eigenvalue weighted by molar-refractivity contribution is 5.89. The summed E-state index contributed by atoms with van der Waals surface area (Å²) >= 11 is 0. The van der Waals surface area contributed by atoms with Gasteiger partial charge in [-0.2, -0.15) is 0 Å². The van der Waals surface area contributed by atoms with E-state index >= 15 is 0 Å². The molecule has 20 heavy (non-hydrogen) atoms. The Hall–Kier alpha value is -2.43. The molecule has 0 unspecified atom stereocenters. The normalized spacial score (nSPS) is 10.2. The number of carbonyl (C=O) groups excluding carboxylic acids is 1.